The summed E-state index contributed by atoms with van der Waals surface area (Å²) in [6.07, 6.45) is -4.52. The second kappa shape index (κ2) is 7.90. The quantitative estimate of drug-likeness (QED) is 0.837. The maximum atomic E-state index is 13.0. The number of nitrogens with zero attached hydrogens (tertiary/aromatic N) is 1. The normalized spacial score (nSPS) is 13.1. The topological polar surface area (TPSA) is 80.3 Å². The van der Waals surface area contributed by atoms with Crippen molar-refractivity contribution in [2.75, 3.05) is 6.54 Å². The standard InChI is InChI=1S/C15H19ClF3N3O3/c1-8(23)22-10(7-21-13(24)25-14(2,3)4)12-11(16)9(5-6-20-12)15(17,18)19/h5-6,10H,7H2,1-4H3,(H,21,24)(H,22,23)/t10-/m0/s1. The molecule has 0 bridgehead atoms. The van der Waals surface area contributed by atoms with E-state index in [9.17, 15) is 22.8 Å². The number of ether oxygens (including phenoxy) is 1. The molecule has 2 amide bonds. The van der Waals surface area contributed by atoms with Crippen LogP contribution in [0.25, 0.3) is 0 Å². The van der Waals surface area contributed by atoms with Gasteiger partial charge in [0, 0.05) is 19.7 Å². The van der Waals surface area contributed by atoms with E-state index in [0.717, 1.165) is 12.3 Å². The first-order valence-electron chi connectivity index (χ1n) is 7.27. The number of nitrogens with one attached hydrogen (secondary N) is 2. The maximum absolute atomic E-state index is 13.0. The molecule has 6 nitrogen and oxygen atoms in total. The van der Waals surface area contributed by atoms with Crippen LogP contribution in [0.2, 0.25) is 5.02 Å². The number of hydrogen-bond donors (Lipinski definition) is 2. The van der Waals surface area contributed by atoms with Gasteiger partial charge in [-0.1, -0.05) is 11.6 Å². The molecule has 1 atom stereocenters. The summed E-state index contributed by atoms with van der Waals surface area (Å²) >= 11 is 5.82. The van der Waals surface area contributed by atoms with Crippen LogP contribution in [0.3, 0.4) is 0 Å². The van der Waals surface area contributed by atoms with Crippen molar-refractivity contribution in [2.45, 2.75) is 45.5 Å². The van der Waals surface area contributed by atoms with Gasteiger partial charge in [0.2, 0.25) is 5.91 Å². The monoisotopic (exact) mass is 381 g/mol. The molecule has 0 spiro atoms. The second-order valence-corrected chi connectivity index (χ2v) is 6.57. The lowest BCUT2D eigenvalue weighted by atomic mass is 10.1. The Bertz CT molecular complexity index is 645. The highest BCUT2D eigenvalue weighted by molar-refractivity contribution is 6.32. The first-order valence-corrected chi connectivity index (χ1v) is 7.64. The van der Waals surface area contributed by atoms with E-state index in [1.165, 1.54) is 6.92 Å². The molecule has 0 unspecified atom stereocenters. The molecular weight excluding hydrogens is 363 g/mol. The van der Waals surface area contributed by atoms with Crippen molar-refractivity contribution in [1.29, 1.82) is 0 Å². The Balaban J connectivity index is 3.04. The van der Waals surface area contributed by atoms with Gasteiger partial charge in [-0.05, 0) is 26.8 Å². The number of amides is 2. The highest BCUT2D eigenvalue weighted by atomic mass is 35.5. The summed E-state index contributed by atoms with van der Waals surface area (Å²) in [5.41, 5.74) is -2.03. The number of halogens is 4. The highest BCUT2D eigenvalue weighted by Gasteiger charge is 2.35. The average Bonchev–Trinajstić information content (AvgIpc) is 2.40. The fraction of sp³-hybridized carbons (Fsp3) is 0.533. The first kappa shape index (κ1) is 21.0. The fourth-order valence-corrected chi connectivity index (χ4v) is 2.23. The first-order chi connectivity index (χ1) is 11.3. The number of aromatic nitrogens is 1. The van der Waals surface area contributed by atoms with E-state index in [1.807, 2.05) is 0 Å². The third kappa shape index (κ3) is 6.77. The van der Waals surface area contributed by atoms with E-state index in [-0.39, 0.29) is 12.2 Å². The van der Waals surface area contributed by atoms with Crippen molar-refractivity contribution in [3.05, 3.63) is 28.5 Å². The third-order valence-corrected chi connectivity index (χ3v) is 3.18. The minimum atomic E-state index is -4.67. The predicted molar refractivity (Wildman–Crippen MR) is 85.0 cm³/mol. The van der Waals surface area contributed by atoms with E-state index in [0.29, 0.717) is 0 Å². The van der Waals surface area contributed by atoms with Crippen LogP contribution in [0.5, 0.6) is 0 Å². The smallest absolute Gasteiger partial charge is 0.417 e. The minimum Gasteiger partial charge on any atom is -0.444 e. The van der Waals surface area contributed by atoms with Crippen LogP contribution in [0.1, 0.15) is 45.0 Å². The molecule has 1 rings (SSSR count). The summed E-state index contributed by atoms with van der Waals surface area (Å²) < 4.78 is 43.9. The predicted octanol–water partition coefficient (Wildman–Crippen LogP) is 3.46. The van der Waals surface area contributed by atoms with Gasteiger partial charge in [0.1, 0.15) is 5.60 Å². The van der Waals surface area contributed by atoms with E-state index >= 15 is 0 Å². The van der Waals surface area contributed by atoms with Crippen LogP contribution < -0.4 is 10.6 Å². The number of carbonyl (C=O) groups excluding carboxylic acids is 2. The Morgan fingerprint density at radius 2 is 1.92 bits per heavy atom. The van der Waals surface area contributed by atoms with Crippen molar-refractivity contribution in [2.24, 2.45) is 0 Å². The number of carbonyl (C=O) groups is 2. The van der Waals surface area contributed by atoms with Gasteiger partial charge in [-0.25, -0.2) is 4.79 Å². The van der Waals surface area contributed by atoms with Crippen LogP contribution >= 0.6 is 11.6 Å². The largest absolute Gasteiger partial charge is 0.444 e. The zero-order chi connectivity index (χ0) is 19.4. The van der Waals surface area contributed by atoms with E-state index in [4.69, 9.17) is 16.3 Å². The molecule has 0 radical (unpaired) electrons. The van der Waals surface area contributed by atoms with Gasteiger partial charge in [-0.15, -0.1) is 0 Å². The molecule has 0 aliphatic rings. The van der Waals surface area contributed by atoms with E-state index in [2.05, 4.69) is 15.6 Å². The molecule has 1 aromatic heterocycles. The van der Waals surface area contributed by atoms with Gasteiger partial charge < -0.3 is 15.4 Å². The number of pyridine rings is 1. The number of alkyl carbamates (subject to hydrolysis) is 1. The Kier molecular flexibility index (Phi) is 6.64. The van der Waals surface area contributed by atoms with Gasteiger partial charge in [-0.2, -0.15) is 13.2 Å². The molecule has 140 valence electrons. The molecule has 1 heterocycles. The molecule has 10 heteroatoms. The lowest BCUT2D eigenvalue weighted by molar-refractivity contribution is -0.137. The zero-order valence-corrected chi connectivity index (χ0v) is 14.9. The minimum absolute atomic E-state index is 0.206. The van der Waals surface area contributed by atoms with Crippen LogP contribution in [-0.4, -0.2) is 29.1 Å². The van der Waals surface area contributed by atoms with Crippen LogP contribution in [0, 0.1) is 0 Å². The van der Waals surface area contributed by atoms with Crippen molar-refractivity contribution < 1.29 is 27.5 Å². The van der Waals surface area contributed by atoms with Crippen molar-refractivity contribution in [3.63, 3.8) is 0 Å². The molecule has 0 aromatic carbocycles. The molecular formula is C15H19ClF3N3O3. The Morgan fingerprint density at radius 3 is 2.40 bits per heavy atom. The zero-order valence-electron chi connectivity index (χ0n) is 14.1. The SMILES string of the molecule is CC(=O)N[C@@H](CNC(=O)OC(C)(C)C)c1nccc(C(F)(F)F)c1Cl. The van der Waals surface area contributed by atoms with E-state index in [1.54, 1.807) is 20.8 Å². The van der Waals surface area contributed by atoms with Crippen LogP contribution in [-0.2, 0) is 15.7 Å². The number of hydrogen-bond acceptors (Lipinski definition) is 4. The summed E-state index contributed by atoms with van der Waals surface area (Å²) in [5.74, 6) is -0.522. The Morgan fingerprint density at radius 1 is 1.32 bits per heavy atom. The molecule has 0 aliphatic heterocycles. The maximum Gasteiger partial charge on any atom is 0.417 e. The van der Waals surface area contributed by atoms with Gasteiger partial charge in [0.15, 0.2) is 0 Å². The fourth-order valence-electron chi connectivity index (χ4n) is 1.88. The van der Waals surface area contributed by atoms with Crippen molar-refractivity contribution >= 4 is 23.6 Å². The third-order valence-electron chi connectivity index (χ3n) is 2.78. The summed E-state index contributed by atoms with van der Waals surface area (Å²) in [7, 11) is 0. The summed E-state index contributed by atoms with van der Waals surface area (Å²) in [6, 6.07) is -0.322. The van der Waals surface area contributed by atoms with Gasteiger partial charge in [0.05, 0.1) is 22.3 Å². The molecule has 25 heavy (non-hydrogen) atoms. The lowest BCUT2D eigenvalue weighted by Gasteiger charge is -2.23. The van der Waals surface area contributed by atoms with Crippen LogP contribution in [0.4, 0.5) is 18.0 Å². The summed E-state index contributed by atoms with van der Waals surface area (Å²) in [4.78, 5) is 26.9. The van der Waals surface area contributed by atoms with Gasteiger partial charge in [-0.3, -0.25) is 9.78 Å². The molecule has 0 saturated carbocycles. The van der Waals surface area contributed by atoms with Gasteiger partial charge >= 0.3 is 12.3 Å². The number of rotatable bonds is 4. The van der Waals surface area contributed by atoms with Crippen molar-refractivity contribution in [3.8, 4) is 0 Å². The molecule has 2 N–H and O–H groups in total. The molecule has 0 saturated heterocycles. The lowest BCUT2D eigenvalue weighted by Crippen LogP contribution is -2.40. The number of alkyl halides is 3. The second-order valence-electron chi connectivity index (χ2n) is 6.19. The van der Waals surface area contributed by atoms with Crippen LogP contribution in [0.15, 0.2) is 12.3 Å². The van der Waals surface area contributed by atoms with Crippen molar-refractivity contribution in [1.82, 2.24) is 15.6 Å². The highest BCUT2D eigenvalue weighted by Crippen LogP contribution is 2.36. The summed E-state index contributed by atoms with van der Waals surface area (Å²) in [6.45, 7) is 5.90. The molecule has 0 aliphatic carbocycles. The molecule has 1 aromatic rings. The summed E-state index contributed by atoms with van der Waals surface area (Å²) in [5, 5.41) is 4.14. The average molecular weight is 382 g/mol. The van der Waals surface area contributed by atoms with E-state index < -0.39 is 40.4 Å². The molecule has 0 fully saturated rings. The Labute approximate surface area is 148 Å². The Hall–Kier alpha value is -2.03. The van der Waals surface area contributed by atoms with Gasteiger partial charge in [0.25, 0.3) is 0 Å².